The van der Waals surface area contributed by atoms with Crippen molar-refractivity contribution >= 4 is 35.5 Å². The highest BCUT2D eigenvalue weighted by atomic mass is 16.5. The number of fused-ring (bicyclic) bond motifs is 1. The molecule has 1 aliphatic heterocycles. The maximum Gasteiger partial charge on any atom is 0.414 e. The summed E-state index contributed by atoms with van der Waals surface area (Å²) in [6.45, 7) is 1.71. The fraction of sp³-hybridized carbons (Fsp3) is 0.261. The van der Waals surface area contributed by atoms with E-state index in [1.54, 1.807) is 0 Å². The van der Waals surface area contributed by atoms with Crippen LogP contribution in [0.5, 0.6) is 0 Å². The first-order valence-electron chi connectivity index (χ1n) is 10.0. The van der Waals surface area contributed by atoms with E-state index in [0.717, 1.165) is 13.0 Å². The highest BCUT2D eigenvalue weighted by Gasteiger charge is 2.19. The molecule has 0 spiro atoms. The number of benzene rings is 2. The minimum absolute atomic E-state index is 0.160. The summed E-state index contributed by atoms with van der Waals surface area (Å²) in [5.41, 5.74) is 3.20. The van der Waals surface area contributed by atoms with Crippen LogP contribution in [0.25, 0.3) is 0 Å². The van der Waals surface area contributed by atoms with Crippen LogP contribution in [0.4, 0.5) is 5.69 Å². The van der Waals surface area contributed by atoms with Gasteiger partial charge < -0.3 is 25.0 Å². The van der Waals surface area contributed by atoms with Gasteiger partial charge in [0.1, 0.15) is 0 Å². The van der Waals surface area contributed by atoms with Crippen molar-refractivity contribution in [3.05, 3.63) is 64.7 Å². The van der Waals surface area contributed by atoms with Crippen molar-refractivity contribution in [3.8, 4) is 0 Å². The topological polar surface area (TPSA) is 160 Å². The number of rotatable bonds is 5. The van der Waals surface area contributed by atoms with Crippen LogP contribution < -0.4 is 5.32 Å². The summed E-state index contributed by atoms with van der Waals surface area (Å²) in [6, 6.07) is 12.5. The Morgan fingerprint density at radius 2 is 1.41 bits per heavy atom. The van der Waals surface area contributed by atoms with Gasteiger partial charge in [0.15, 0.2) is 0 Å². The molecule has 180 valence electrons. The number of hydrogen-bond donors (Lipinski definition) is 3. The van der Waals surface area contributed by atoms with E-state index in [9.17, 15) is 14.4 Å². The molecule has 0 unspecified atom stereocenters. The van der Waals surface area contributed by atoms with Gasteiger partial charge in [-0.3, -0.25) is 9.69 Å². The average Bonchev–Trinajstić information content (AvgIpc) is 2.82. The molecule has 1 heterocycles. The lowest BCUT2D eigenvalue weighted by Crippen LogP contribution is -2.37. The first-order valence-corrected chi connectivity index (χ1v) is 10.0. The van der Waals surface area contributed by atoms with Crippen molar-refractivity contribution < 1.29 is 43.7 Å². The van der Waals surface area contributed by atoms with Gasteiger partial charge in [0.25, 0.3) is 0 Å². The monoisotopic (exact) mass is 472 g/mol. The number of carboxylic acid groups (broad SMARTS) is 2. The van der Waals surface area contributed by atoms with Gasteiger partial charge in [-0.15, -0.1) is 0 Å². The average molecular weight is 472 g/mol. The van der Waals surface area contributed by atoms with E-state index >= 15 is 0 Å². The van der Waals surface area contributed by atoms with Gasteiger partial charge >= 0.3 is 23.9 Å². The van der Waals surface area contributed by atoms with Crippen molar-refractivity contribution in [3.63, 3.8) is 0 Å². The minimum atomic E-state index is -1.82. The number of nitrogens with one attached hydrogen (secondary N) is 1. The minimum Gasteiger partial charge on any atom is -0.473 e. The van der Waals surface area contributed by atoms with E-state index in [1.807, 2.05) is 12.1 Å². The number of carbonyl (C=O) groups excluding carboxylic acids is 3. The number of aliphatic carboxylic acids is 2. The maximum absolute atomic E-state index is 12.5. The Kier molecular flexibility index (Phi) is 9.27. The molecule has 0 fully saturated rings. The van der Waals surface area contributed by atoms with E-state index in [0.29, 0.717) is 12.2 Å². The van der Waals surface area contributed by atoms with E-state index in [-0.39, 0.29) is 23.6 Å². The summed E-state index contributed by atoms with van der Waals surface area (Å²) in [5, 5.41) is 17.5. The summed E-state index contributed by atoms with van der Waals surface area (Å²) in [5.74, 6) is -5.08. The summed E-state index contributed by atoms with van der Waals surface area (Å²) in [7, 11) is 2.50. The van der Waals surface area contributed by atoms with Crippen LogP contribution >= 0.6 is 0 Å². The largest absolute Gasteiger partial charge is 0.473 e. The molecule has 3 rings (SSSR count). The third-order valence-corrected chi connectivity index (χ3v) is 4.82. The van der Waals surface area contributed by atoms with E-state index in [2.05, 4.69) is 22.3 Å². The van der Waals surface area contributed by atoms with Crippen LogP contribution in [-0.2, 0) is 36.8 Å². The van der Waals surface area contributed by atoms with Gasteiger partial charge in [-0.2, -0.15) is 0 Å². The van der Waals surface area contributed by atoms with Gasteiger partial charge in [0.2, 0.25) is 5.91 Å². The summed E-state index contributed by atoms with van der Waals surface area (Å²) >= 11 is 0. The van der Waals surface area contributed by atoms with Crippen molar-refractivity contribution in [1.82, 2.24) is 4.90 Å². The zero-order chi connectivity index (χ0) is 25.3. The summed E-state index contributed by atoms with van der Waals surface area (Å²) in [6.07, 6.45) is 0.897. The van der Waals surface area contributed by atoms with Crippen molar-refractivity contribution in [1.29, 1.82) is 0 Å². The summed E-state index contributed by atoms with van der Waals surface area (Å²) < 4.78 is 9.41. The quantitative estimate of drug-likeness (QED) is 0.429. The highest BCUT2D eigenvalue weighted by molar-refractivity contribution is 6.27. The molecule has 0 radical (unpaired) electrons. The Bertz CT molecular complexity index is 1050. The molecule has 3 N–H and O–H groups in total. The molecule has 0 aliphatic carbocycles. The molecule has 0 saturated carbocycles. The van der Waals surface area contributed by atoms with Gasteiger partial charge in [-0.1, -0.05) is 24.3 Å². The Labute approximate surface area is 194 Å². The fourth-order valence-corrected chi connectivity index (χ4v) is 3.26. The fourth-order valence-electron chi connectivity index (χ4n) is 3.26. The Hall–Kier alpha value is -4.25. The number of anilines is 1. The van der Waals surface area contributed by atoms with Crippen LogP contribution in [0.15, 0.2) is 42.5 Å². The molecule has 11 heteroatoms. The van der Waals surface area contributed by atoms with Crippen LogP contribution in [0, 0.1) is 0 Å². The smallest absolute Gasteiger partial charge is 0.414 e. The van der Waals surface area contributed by atoms with Crippen LogP contribution in [0.2, 0.25) is 0 Å². The van der Waals surface area contributed by atoms with E-state index in [1.165, 1.54) is 43.5 Å². The van der Waals surface area contributed by atoms with Crippen molar-refractivity contribution in [2.75, 3.05) is 32.6 Å². The number of carboxylic acids is 2. The maximum atomic E-state index is 12.5. The lowest BCUT2D eigenvalue weighted by atomic mass is 10.00. The number of hydrogen-bond acceptors (Lipinski definition) is 8. The third kappa shape index (κ3) is 7.41. The zero-order valence-corrected chi connectivity index (χ0v) is 18.6. The second-order valence-electron chi connectivity index (χ2n) is 7.17. The highest BCUT2D eigenvalue weighted by Crippen LogP contribution is 2.20. The third-order valence-electron chi connectivity index (χ3n) is 4.82. The molecular formula is C23H24N2O9. The van der Waals surface area contributed by atoms with E-state index in [4.69, 9.17) is 29.3 Å². The van der Waals surface area contributed by atoms with Crippen molar-refractivity contribution in [2.24, 2.45) is 0 Å². The second kappa shape index (κ2) is 12.1. The molecule has 0 aromatic heterocycles. The van der Waals surface area contributed by atoms with Crippen molar-refractivity contribution in [2.45, 2.75) is 13.0 Å². The first-order chi connectivity index (χ1) is 16.1. The van der Waals surface area contributed by atoms with Gasteiger partial charge in [0.05, 0.1) is 31.9 Å². The molecule has 34 heavy (non-hydrogen) atoms. The predicted octanol–water partition coefficient (Wildman–Crippen LogP) is 1.41. The van der Waals surface area contributed by atoms with Crippen LogP contribution in [-0.4, -0.2) is 72.2 Å². The number of methoxy groups -OCH3 is 2. The number of carbonyl (C=O) groups is 5. The molecule has 0 saturated heterocycles. The molecule has 0 bridgehead atoms. The molecule has 2 aromatic carbocycles. The Balaban J connectivity index is 0.000000604. The lowest BCUT2D eigenvalue weighted by Gasteiger charge is -2.28. The summed E-state index contributed by atoms with van der Waals surface area (Å²) in [4.78, 5) is 56.5. The molecule has 1 amide bonds. The number of esters is 2. The van der Waals surface area contributed by atoms with E-state index < -0.39 is 23.9 Å². The SMILES string of the molecule is COC(=O)c1cc(NC(=O)CN2CCc3ccccc3C2)cc(C(=O)OC)c1.O=C(O)C(=O)O. The van der Waals surface area contributed by atoms with Gasteiger partial charge in [0, 0.05) is 18.8 Å². The van der Waals surface area contributed by atoms with Crippen LogP contribution in [0.3, 0.4) is 0 Å². The lowest BCUT2D eigenvalue weighted by molar-refractivity contribution is -0.159. The molecule has 0 atom stereocenters. The molecule has 11 nitrogen and oxygen atoms in total. The Morgan fingerprint density at radius 1 is 0.882 bits per heavy atom. The van der Waals surface area contributed by atoms with Gasteiger partial charge in [-0.25, -0.2) is 19.2 Å². The molecular weight excluding hydrogens is 448 g/mol. The number of amides is 1. The first kappa shape index (κ1) is 26.0. The molecule has 1 aliphatic rings. The number of nitrogens with zero attached hydrogens (tertiary/aromatic N) is 1. The van der Waals surface area contributed by atoms with Gasteiger partial charge in [-0.05, 0) is 35.7 Å². The zero-order valence-electron chi connectivity index (χ0n) is 18.6. The second-order valence-corrected chi connectivity index (χ2v) is 7.17. The normalized spacial score (nSPS) is 12.3. The molecule has 2 aromatic rings. The predicted molar refractivity (Wildman–Crippen MR) is 118 cm³/mol. The number of ether oxygens (including phenoxy) is 2. The standard InChI is InChI=1S/C21H22N2O5.C2H2O4/c1-27-20(25)16-9-17(21(26)28-2)11-18(10-16)22-19(24)13-23-8-7-14-5-3-4-6-15(14)12-23;3-1(4)2(5)6/h3-6,9-11H,7-8,12-13H2,1-2H3,(H,22,24);(H,3,4)(H,5,6). The van der Waals surface area contributed by atoms with Crippen LogP contribution in [0.1, 0.15) is 31.8 Å². The Morgan fingerprint density at radius 3 is 1.91 bits per heavy atom.